The van der Waals surface area contributed by atoms with Crippen molar-refractivity contribution in [3.8, 4) is 29.0 Å². The third kappa shape index (κ3) is 6.29. The molecule has 11 heteroatoms. The first-order valence-electron chi connectivity index (χ1n) is 13.6. The van der Waals surface area contributed by atoms with Crippen molar-refractivity contribution in [3.63, 3.8) is 0 Å². The van der Waals surface area contributed by atoms with Gasteiger partial charge in [0.2, 0.25) is 5.95 Å². The lowest BCUT2D eigenvalue weighted by Gasteiger charge is -2.23. The molecule has 3 heterocycles. The number of nitrogens with one attached hydrogen (secondary N) is 2. The van der Waals surface area contributed by atoms with Gasteiger partial charge in [0, 0.05) is 42.7 Å². The van der Waals surface area contributed by atoms with Gasteiger partial charge in [0.25, 0.3) is 0 Å². The third-order valence-corrected chi connectivity index (χ3v) is 6.82. The van der Waals surface area contributed by atoms with Crippen molar-refractivity contribution in [1.82, 2.24) is 29.8 Å². The maximum absolute atomic E-state index is 13.0. The summed E-state index contributed by atoms with van der Waals surface area (Å²) in [5.41, 5.74) is 4.61. The van der Waals surface area contributed by atoms with Gasteiger partial charge in [-0.05, 0) is 42.0 Å². The second-order valence-electron chi connectivity index (χ2n) is 9.74. The smallest absolute Gasteiger partial charge is 0.346 e. The molecule has 2 aromatic heterocycles. The average molecular weight is 573 g/mol. The molecule has 0 spiro atoms. The van der Waals surface area contributed by atoms with Gasteiger partial charge in [0.1, 0.15) is 12.1 Å². The van der Waals surface area contributed by atoms with Crippen LogP contribution in [0.15, 0.2) is 91.5 Å². The number of amides is 2. The maximum atomic E-state index is 13.0. The molecule has 0 aliphatic carbocycles. The molecule has 1 atom stereocenters. The van der Waals surface area contributed by atoms with Crippen LogP contribution in [0.1, 0.15) is 29.2 Å². The second-order valence-corrected chi connectivity index (χ2v) is 9.74. The minimum absolute atomic E-state index is 0.133. The number of rotatable bonds is 6. The van der Waals surface area contributed by atoms with Crippen molar-refractivity contribution in [2.45, 2.75) is 12.5 Å². The summed E-state index contributed by atoms with van der Waals surface area (Å²) in [4.78, 5) is 27.4. The Balaban J connectivity index is 1.10. The second kappa shape index (κ2) is 12.4. The minimum atomic E-state index is -0.326. The van der Waals surface area contributed by atoms with E-state index in [0.717, 1.165) is 28.9 Å². The Labute approximate surface area is 248 Å². The van der Waals surface area contributed by atoms with E-state index in [1.165, 1.54) is 5.06 Å². The molecule has 0 radical (unpaired) electrons. The largest absolute Gasteiger partial charge is 0.495 e. The molecule has 2 N–H and O–H groups in total. The first-order chi connectivity index (χ1) is 21.1. The summed E-state index contributed by atoms with van der Waals surface area (Å²) in [5, 5.41) is 15.6. The van der Waals surface area contributed by atoms with Crippen molar-refractivity contribution >= 4 is 23.4 Å². The Morgan fingerprint density at radius 2 is 1.81 bits per heavy atom. The normalized spacial score (nSPS) is 14.1. The number of hydrogen-bond acceptors (Lipinski definition) is 8. The summed E-state index contributed by atoms with van der Waals surface area (Å²) < 4.78 is 7.40. The van der Waals surface area contributed by atoms with Crippen LogP contribution >= 0.6 is 0 Å². The highest BCUT2D eigenvalue weighted by molar-refractivity contribution is 5.89. The Kier molecular flexibility index (Phi) is 7.93. The molecule has 0 saturated carbocycles. The number of urea groups is 1. The number of benzene rings is 3. The summed E-state index contributed by atoms with van der Waals surface area (Å²) >= 11 is 0. The lowest BCUT2D eigenvalue weighted by Crippen LogP contribution is -2.33. The predicted octanol–water partition coefficient (Wildman–Crippen LogP) is 5.33. The molecular weight excluding hydrogens is 544 g/mol. The van der Waals surface area contributed by atoms with Gasteiger partial charge in [0.05, 0.1) is 31.0 Å². The summed E-state index contributed by atoms with van der Waals surface area (Å²) in [6.07, 6.45) is 5.67. The van der Waals surface area contributed by atoms with Gasteiger partial charge >= 0.3 is 6.03 Å². The standard InChI is InChI=1S/C32H28N8O3/c1-39-21-35-38-30(39)25-13-14-27(29(18-25)42-2)37-31-33-19-23(20-34-31)12-11-22-7-6-10-26(17-22)36-32(41)40-28(15-16-43-40)24-8-4-3-5-9-24/h3-10,13-14,17-21,28H,15-16H2,1-2H3,(H,36,41)(H,33,34,37)/t28-/m0/s1. The minimum Gasteiger partial charge on any atom is -0.495 e. The van der Waals surface area contributed by atoms with Gasteiger partial charge in [-0.15, -0.1) is 10.2 Å². The van der Waals surface area contributed by atoms with Crippen LogP contribution in [-0.4, -0.2) is 49.5 Å². The molecule has 5 aromatic rings. The van der Waals surface area contributed by atoms with Crippen LogP contribution in [0.3, 0.4) is 0 Å². The van der Waals surface area contributed by atoms with Crippen LogP contribution in [-0.2, 0) is 11.9 Å². The average Bonchev–Trinajstić information content (AvgIpc) is 3.71. The first kappa shape index (κ1) is 27.4. The quantitative estimate of drug-likeness (QED) is 0.262. The van der Waals surface area contributed by atoms with Crippen LogP contribution in [0.25, 0.3) is 11.4 Å². The van der Waals surface area contributed by atoms with Crippen molar-refractivity contribution in [1.29, 1.82) is 0 Å². The molecule has 43 heavy (non-hydrogen) atoms. The fourth-order valence-corrected chi connectivity index (χ4v) is 4.70. The molecule has 1 fully saturated rings. The van der Waals surface area contributed by atoms with E-state index in [-0.39, 0.29) is 12.1 Å². The summed E-state index contributed by atoms with van der Waals surface area (Å²) in [6, 6.07) is 22.4. The van der Waals surface area contributed by atoms with Crippen molar-refractivity contribution in [2.24, 2.45) is 7.05 Å². The topological polar surface area (TPSA) is 119 Å². The van der Waals surface area contributed by atoms with E-state index < -0.39 is 0 Å². The molecule has 2 amide bonds. The van der Waals surface area contributed by atoms with Crippen LogP contribution in [0.4, 0.5) is 22.1 Å². The van der Waals surface area contributed by atoms with Crippen LogP contribution in [0, 0.1) is 11.8 Å². The lowest BCUT2D eigenvalue weighted by atomic mass is 10.1. The first-order valence-corrected chi connectivity index (χ1v) is 13.6. The zero-order valence-corrected chi connectivity index (χ0v) is 23.6. The van der Waals surface area contributed by atoms with E-state index in [1.807, 2.05) is 84.4 Å². The monoisotopic (exact) mass is 572 g/mol. The van der Waals surface area contributed by atoms with E-state index in [4.69, 9.17) is 9.57 Å². The van der Waals surface area contributed by atoms with E-state index in [0.29, 0.717) is 35.2 Å². The van der Waals surface area contributed by atoms with Crippen molar-refractivity contribution < 1.29 is 14.4 Å². The number of aryl methyl sites for hydroxylation is 1. The van der Waals surface area contributed by atoms with E-state index in [2.05, 4.69) is 42.6 Å². The molecular formula is C32H28N8O3. The van der Waals surface area contributed by atoms with Crippen LogP contribution in [0.2, 0.25) is 0 Å². The Hall–Kier alpha value is -5.73. The number of nitrogens with zero attached hydrogens (tertiary/aromatic N) is 6. The van der Waals surface area contributed by atoms with Gasteiger partial charge in [0.15, 0.2) is 5.82 Å². The summed E-state index contributed by atoms with van der Waals surface area (Å²) in [5.74, 6) is 7.94. The van der Waals surface area contributed by atoms with Crippen molar-refractivity contribution in [3.05, 3.63) is 108 Å². The van der Waals surface area contributed by atoms with Gasteiger partial charge < -0.3 is 19.9 Å². The molecule has 1 saturated heterocycles. The highest BCUT2D eigenvalue weighted by Gasteiger charge is 2.31. The molecule has 1 aliphatic rings. The van der Waals surface area contributed by atoms with E-state index in [1.54, 1.807) is 25.8 Å². The number of methoxy groups -OCH3 is 1. The fraction of sp³-hybridized carbons (Fsp3) is 0.156. The number of carbonyl (C=O) groups excluding carboxylic acids is 1. The molecule has 0 unspecified atom stereocenters. The molecule has 1 aliphatic heterocycles. The number of anilines is 3. The summed E-state index contributed by atoms with van der Waals surface area (Å²) in [6.45, 7) is 0.485. The zero-order valence-electron chi connectivity index (χ0n) is 23.6. The highest BCUT2D eigenvalue weighted by atomic mass is 16.7. The molecule has 11 nitrogen and oxygen atoms in total. The van der Waals surface area contributed by atoms with Crippen LogP contribution < -0.4 is 15.4 Å². The molecule has 0 bridgehead atoms. The predicted molar refractivity (Wildman–Crippen MR) is 161 cm³/mol. The molecule has 6 rings (SSSR count). The van der Waals surface area contributed by atoms with Gasteiger partial charge in [-0.2, -0.15) is 5.06 Å². The summed E-state index contributed by atoms with van der Waals surface area (Å²) in [7, 11) is 3.48. The third-order valence-electron chi connectivity index (χ3n) is 6.82. The fourth-order valence-electron chi connectivity index (χ4n) is 4.70. The Morgan fingerprint density at radius 3 is 2.58 bits per heavy atom. The SMILES string of the molecule is COc1cc(-c2nncn2C)ccc1Nc1ncc(C#Cc2cccc(NC(=O)N3OCC[C@H]3c3ccccc3)c2)cn1. The van der Waals surface area contributed by atoms with Crippen molar-refractivity contribution in [2.75, 3.05) is 24.4 Å². The Bertz CT molecular complexity index is 1800. The van der Waals surface area contributed by atoms with Crippen LogP contribution in [0.5, 0.6) is 5.75 Å². The van der Waals surface area contributed by atoms with E-state index in [9.17, 15) is 4.79 Å². The van der Waals surface area contributed by atoms with Gasteiger partial charge in [-0.25, -0.2) is 14.8 Å². The van der Waals surface area contributed by atoms with E-state index >= 15 is 0 Å². The Morgan fingerprint density at radius 1 is 1.00 bits per heavy atom. The maximum Gasteiger partial charge on any atom is 0.346 e. The number of aromatic nitrogens is 5. The number of ether oxygens (including phenoxy) is 1. The number of hydrogen-bond donors (Lipinski definition) is 2. The highest BCUT2D eigenvalue weighted by Crippen LogP contribution is 2.32. The number of carbonyl (C=O) groups is 1. The zero-order chi connectivity index (χ0) is 29.6. The molecule has 3 aromatic carbocycles. The van der Waals surface area contributed by atoms with Gasteiger partial charge in [-0.1, -0.05) is 48.2 Å². The lowest BCUT2D eigenvalue weighted by molar-refractivity contribution is -0.0829. The van der Waals surface area contributed by atoms with Gasteiger partial charge in [-0.3, -0.25) is 4.84 Å². The molecule has 214 valence electrons. The number of hydroxylamine groups is 2.